The topological polar surface area (TPSA) is 54.6 Å². The molecule has 0 atom stereocenters. The maximum absolute atomic E-state index is 7.89. The van der Waals surface area contributed by atoms with Crippen LogP contribution in [-0.2, 0) is 13.0 Å². The highest BCUT2D eigenvalue weighted by atomic mass is 35.5. The molecule has 0 fully saturated rings. The summed E-state index contributed by atoms with van der Waals surface area (Å²) in [7, 11) is 3.95. The summed E-state index contributed by atoms with van der Waals surface area (Å²) in [6, 6.07) is 8.25. The van der Waals surface area contributed by atoms with Crippen LogP contribution < -0.4 is 4.48 Å². The first-order valence-electron chi connectivity index (χ1n) is 9.73. The summed E-state index contributed by atoms with van der Waals surface area (Å²) in [4.78, 5) is 9.94. The van der Waals surface area contributed by atoms with Crippen molar-refractivity contribution in [2.75, 3.05) is 20.0 Å². The summed E-state index contributed by atoms with van der Waals surface area (Å²) in [5, 5.41) is 9.02. The highest BCUT2D eigenvalue weighted by molar-refractivity contribution is 6.17. The van der Waals surface area contributed by atoms with E-state index in [4.69, 9.17) is 27.0 Å². The molecule has 144 valence electrons. The van der Waals surface area contributed by atoms with Gasteiger partial charge in [0.05, 0.1) is 25.1 Å². The molecule has 0 radical (unpaired) electrons. The van der Waals surface area contributed by atoms with Gasteiger partial charge in [0.2, 0.25) is 0 Å². The van der Waals surface area contributed by atoms with Gasteiger partial charge in [-0.05, 0) is 25.3 Å². The molecule has 0 saturated carbocycles. The lowest BCUT2D eigenvalue weighted by Crippen LogP contribution is -2.39. The number of quaternary nitrogens is 1. The molecule has 0 bridgehead atoms. The van der Waals surface area contributed by atoms with E-state index < -0.39 is 0 Å². The van der Waals surface area contributed by atoms with Gasteiger partial charge >= 0.3 is 0 Å². The number of unbranched alkanes of at least 4 members (excludes halogenated alkanes) is 2. The van der Waals surface area contributed by atoms with Crippen molar-refractivity contribution in [1.29, 1.82) is 5.41 Å². The average molecular weight is 387 g/mol. The van der Waals surface area contributed by atoms with Gasteiger partial charge in [0, 0.05) is 24.2 Å². The molecule has 0 saturated heterocycles. The van der Waals surface area contributed by atoms with Crippen molar-refractivity contribution < 1.29 is 0 Å². The second kappa shape index (κ2) is 8.36. The molecule has 0 amide bonds. The third-order valence-electron chi connectivity index (χ3n) is 5.03. The standard InChI is InChI=1S/C21H29ClN5/c1-4-5-12-18-25-19-20(26(18)14-9-8-13-22)16-10-6-7-11-17(16)24-21(19)27(2,3)15-23/h6-7,10-11,15,23H,4-5,8-9,12-14H2,1-3H3/q+1. The summed E-state index contributed by atoms with van der Waals surface area (Å²) < 4.78 is 2.64. The van der Waals surface area contributed by atoms with E-state index in [9.17, 15) is 0 Å². The minimum absolute atomic E-state index is 0.271. The number of imidazole rings is 1. The number of hydrogen-bond acceptors (Lipinski definition) is 3. The number of benzene rings is 1. The van der Waals surface area contributed by atoms with Crippen LogP contribution in [0.15, 0.2) is 24.3 Å². The molecule has 2 heterocycles. The lowest BCUT2D eigenvalue weighted by molar-refractivity contribution is 0.596. The zero-order chi connectivity index (χ0) is 19.4. The Morgan fingerprint density at radius 3 is 2.63 bits per heavy atom. The Labute approximate surface area is 166 Å². The van der Waals surface area contributed by atoms with Crippen molar-refractivity contribution >= 4 is 45.7 Å². The Hall–Kier alpha value is -1.98. The smallest absolute Gasteiger partial charge is 0.262 e. The Morgan fingerprint density at radius 2 is 1.93 bits per heavy atom. The molecule has 6 heteroatoms. The summed E-state index contributed by atoms with van der Waals surface area (Å²) in [5.74, 6) is 2.63. The van der Waals surface area contributed by atoms with E-state index >= 15 is 0 Å². The van der Waals surface area contributed by atoms with E-state index in [2.05, 4.69) is 23.6 Å². The molecule has 0 aliphatic rings. The van der Waals surface area contributed by atoms with Crippen LogP contribution in [0.25, 0.3) is 21.9 Å². The fourth-order valence-electron chi connectivity index (χ4n) is 3.46. The number of halogens is 1. The van der Waals surface area contributed by atoms with Crippen molar-refractivity contribution in [3.8, 4) is 0 Å². The summed E-state index contributed by atoms with van der Waals surface area (Å²) in [5.41, 5.74) is 3.01. The fourth-order valence-corrected chi connectivity index (χ4v) is 3.65. The Kier molecular flexibility index (Phi) is 6.12. The number of nitrogens with zero attached hydrogens (tertiary/aromatic N) is 4. The number of aromatic nitrogens is 3. The number of aryl methyl sites for hydroxylation is 2. The second-order valence-corrected chi connectivity index (χ2v) is 7.88. The van der Waals surface area contributed by atoms with Gasteiger partial charge in [0.25, 0.3) is 5.82 Å². The number of nitrogens with one attached hydrogen (secondary N) is 1. The SMILES string of the molecule is CCCCc1nc2c([N+](C)(C)C=N)nc3ccccc3c2n1CCCCCl. The van der Waals surface area contributed by atoms with Crippen molar-refractivity contribution in [2.24, 2.45) is 0 Å². The predicted octanol–water partition coefficient (Wildman–Crippen LogP) is 5.12. The second-order valence-electron chi connectivity index (χ2n) is 7.50. The molecule has 0 aliphatic heterocycles. The van der Waals surface area contributed by atoms with E-state index in [0.717, 1.165) is 72.2 Å². The van der Waals surface area contributed by atoms with Crippen LogP contribution in [0.1, 0.15) is 38.4 Å². The number of rotatable bonds is 9. The van der Waals surface area contributed by atoms with E-state index in [-0.39, 0.29) is 4.48 Å². The van der Waals surface area contributed by atoms with Gasteiger partial charge in [-0.2, -0.15) is 4.98 Å². The molecule has 0 aliphatic carbocycles. The zero-order valence-electron chi connectivity index (χ0n) is 16.5. The average Bonchev–Trinajstić information content (AvgIpc) is 3.04. The maximum atomic E-state index is 7.89. The summed E-state index contributed by atoms with van der Waals surface area (Å²) >= 11 is 5.92. The van der Waals surface area contributed by atoms with E-state index in [1.807, 2.05) is 26.2 Å². The predicted molar refractivity (Wildman–Crippen MR) is 116 cm³/mol. The van der Waals surface area contributed by atoms with Gasteiger partial charge in [-0.25, -0.2) is 9.47 Å². The fraction of sp³-hybridized carbons (Fsp3) is 0.476. The van der Waals surface area contributed by atoms with Crippen molar-refractivity contribution in [1.82, 2.24) is 19.0 Å². The minimum Gasteiger partial charge on any atom is -0.327 e. The third-order valence-corrected chi connectivity index (χ3v) is 5.30. The molecule has 3 aromatic rings. The molecule has 1 aromatic carbocycles. The molecule has 2 aromatic heterocycles. The van der Waals surface area contributed by atoms with Gasteiger partial charge in [-0.1, -0.05) is 31.5 Å². The van der Waals surface area contributed by atoms with Gasteiger partial charge < -0.3 is 4.57 Å². The molecule has 0 spiro atoms. The first-order chi connectivity index (χ1) is 13.0. The lowest BCUT2D eigenvalue weighted by Gasteiger charge is -2.22. The van der Waals surface area contributed by atoms with Crippen LogP contribution in [0.4, 0.5) is 5.82 Å². The molecule has 27 heavy (non-hydrogen) atoms. The first kappa shape index (κ1) is 19.8. The largest absolute Gasteiger partial charge is 0.327 e. The van der Waals surface area contributed by atoms with E-state index in [1.54, 1.807) is 0 Å². The van der Waals surface area contributed by atoms with E-state index in [1.165, 1.54) is 6.34 Å². The third kappa shape index (κ3) is 3.85. The number of hydrogen-bond donors (Lipinski definition) is 1. The van der Waals surface area contributed by atoms with Crippen LogP contribution in [0.2, 0.25) is 0 Å². The Balaban J connectivity index is 2.32. The first-order valence-corrected chi connectivity index (χ1v) is 10.3. The van der Waals surface area contributed by atoms with Crippen LogP contribution in [0.5, 0.6) is 0 Å². The molecule has 5 nitrogen and oxygen atoms in total. The maximum Gasteiger partial charge on any atom is 0.262 e. The lowest BCUT2D eigenvalue weighted by atomic mass is 10.1. The van der Waals surface area contributed by atoms with Gasteiger partial charge in [0.15, 0.2) is 11.9 Å². The quantitative estimate of drug-likeness (QED) is 0.182. The molecular weight excluding hydrogens is 358 g/mol. The van der Waals surface area contributed by atoms with Crippen molar-refractivity contribution in [2.45, 2.75) is 45.6 Å². The van der Waals surface area contributed by atoms with Gasteiger partial charge in [-0.15, -0.1) is 11.6 Å². The highest BCUT2D eigenvalue weighted by Crippen LogP contribution is 2.33. The molecule has 1 N–H and O–H groups in total. The molecule has 0 unspecified atom stereocenters. The normalized spacial score (nSPS) is 12.1. The number of para-hydroxylation sites is 1. The molecule has 3 rings (SSSR count). The van der Waals surface area contributed by atoms with Gasteiger partial charge in [0.1, 0.15) is 5.82 Å². The number of alkyl halides is 1. The monoisotopic (exact) mass is 386 g/mol. The van der Waals surface area contributed by atoms with Gasteiger partial charge in [-0.3, -0.25) is 5.41 Å². The Bertz CT molecular complexity index is 945. The zero-order valence-corrected chi connectivity index (χ0v) is 17.3. The van der Waals surface area contributed by atoms with Crippen molar-refractivity contribution in [3.05, 3.63) is 30.1 Å². The van der Waals surface area contributed by atoms with Crippen molar-refractivity contribution in [3.63, 3.8) is 0 Å². The number of fused-ring (bicyclic) bond motifs is 3. The van der Waals surface area contributed by atoms with Crippen LogP contribution >= 0.6 is 11.6 Å². The molecular formula is C21H29ClN5+. The van der Waals surface area contributed by atoms with Crippen LogP contribution in [0.3, 0.4) is 0 Å². The summed E-state index contributed by atoms with van der Waals surface area (Å²) in [6.45, 7) is 3.12. The highest BCUT2D eigenvalue weighted by Gasteiger charge is 2.27. The van der Waals surface area contributed by atoms with Crippen LogP contribution in [0, 0.1) is 5.41 Å². The Morgan fingerprint density at radius 1 is 1.15 bits per heavy atom. The minimum atomic E-state index is 0.271. The summed E-state index contributed by atoms with van der Waals surface area (Å²) in [6.07, 6.45) is 6.64. The van der Waals surface area contributed by atoms with Crippen LogP contribution in [-0.4, -0.2) is 40.8 Å². The van der Waals surface area contributed by atoms with E-state index in [0.29, 0.717) is 5.88 Å². The number of pyridine rings is 1.